The van der Waals surface area contributed by atoms with E-state index in [-0.39, 0.29) is 12.1 Å². The molecule has 3 N–H and O–H groups in total. The van der Waals surface area contributed by atoms with Crippen LogP contribution in [0.5, 0.6) is 0 Å². The molecule has 0 spiro atoms. The first-order chi connectivity index (χ1) is 9.67. The molecule has 1 aromatic rings. The zero-order valence-electron chi connectivity index (χ0n) is 11.8. The van der Waals surface area contributed by atoms with E-state index in [9.17, 15) is 9.90 Å². The first kappa shape index (κ1) is 15.2. The second kappa shape index (κ2) is 7.54. The van der Waals surface area contributed by atoms with Crippen LogP contribution in [0.2, 0.25) is 0 Å². The van der Waals surface area contributed by atoms with Crippen molar-refractivity contribution in [1.82, 2.24) is 15.5 Å². The Morgan fingerprint density at radius 3 is 3.05 bits per heavy atom. The molecule has 0 radical (unpaired) electrons. The van der Waals surface area contributed by atoms with Gasteiger partial charge in [-0.15, -0.1) is 10.2 Å². The maximum absolute atomic E-state index is 11.8. The van der Waals surface area contributed by atoms with E-state index >= 15 is 0 Å². The third-order valence-corrected chi connectivity index (χ3v) is 4.36. The minimum atomic E-state index is -0.246. The molecule has 1 fully saturated rings. The molecule has 2 unspecified atom stereocenters. The van der Waals surface area contributed by atoms with Gasteiger partial charge < -0.3 is 10.4 Å². The number of aliphatic hydroxyl groups is 1. The topological polar surface area (TPSA) is 87.1 Å². The van der Waals surface area contributed by atoms with Gasteiger partial charge in [-0.05, 0) is 31.6 Å². The Morgan fingerprint density at radius 1 is 1.45 bits per heavy atom. The smallest absolute Gasteiger partial charge is 0.321 e. The molecule has 0 aliphatic heterocycles. The van der Waals surface area contributed by atoms with Crippen molar-refractivity contribution in [3.63, 3.8) is 0 Å². The molecule has 2 atom stereocenters. The number of hydrogen-bond donors (Lipinski definition) is 3. The highest BCUT2D eigenvalue weighted by Gasteiger charge is 2.20. The summed E-state index contributed by atoms with van der Waals surface area (Å²) in [5, 5.41) is 24.6. The number of amides is 2. The van der Waals surface area contributed by atoms with Gasteiger partial charge in [-0.3, -0.25) is 5.32 Å². The van der Waals surface area contributed by atoms with Crippen LogP contribution in [-0.2, 0) is 6.42 Å². The number of aliphatic hydroxyl groups excluding tert-OH is 1. The van der Waals surface area contributed by atoms with Crippen molar-refractivity contribution >= 4 is 22.5 Å². The van der Waals surface area contributed by atoms with Crippen LogP contribution in [0.3, 0.4) is 0 Å². The van der Waals surface area contributed by atoms with Gasteiger partial charge in [-0.25, -0.2) is 4.79 Å². The highest BCUT2D eigenvalue weighted by molar-refractivity contribution is 7.15. The summed E-state index contributed by atoms with van der Waals surface area (Å²) in [6.45, 7) is 2.68. The van der Waals surface area contributed by atoms with Gasteiger partial charge in [0, 0.05) is 13.0 Å². The lowest BCUT2D eigenvalue weighted by atomic mass is 9.87. The van der Waals surface area contributed by atoms with E-state index in [2.05, 4.69) is 27.8 Å². The van der Waals surface area contributed by atoms with Gasteiger partial charge in [0.15, 0.2) is 0 Å². The molecular weight excluding hydrogens is 276 g/mol. The third kappa shape index (κ3) is 4.72. The SMILES string of the molecule is CCCc1nnc(NC(=O)NCC2CCCC(O)C2)s1. The van der Waals surface area contributed by atoms with Gasteiger partial charge in [-0.1, -0.05) is 24.7 Å². The van der Waals surface area contributed by atoms with Crippen molar-refractivity contribution in [1.29, 1.82) is 0 Å². The lowest BCUT2D eigenvalue weighted by Crippen LogP contribution is -2.35. The molecule has 7 heteroatoms. The van der Waals surface area contributed by atoms with Crippen molar-refractivity contribution < 1.29 is 9.90 Å². The van der Waals surface area contributed by atoms with Crippen LogP contribution >= 0.6 is 11.3 Å². The summed E-state index contributed by atoms with van der Waals surface area (Å²) in [5.74, 6) is 0.370. The number of nitrogens with one attached hydrogen (secondary N) is 2. The summed E-state index contributed by atoms with van der Waals surface area (Å²) in [6, 6.07) is -0.246. The molecular formula is C13H22N4O2S. The summed E-state index contributed by atoms with van der Waals surface area (Å²) in [7, 11) is 0. The highest BCUT2D eigenvalue weighted by Crippen LogP contribution is 2.23. The van der Waals surface area contributed by atoms with Crippen molar-refractivity contribution in [2.24, 2.45) is 5.92 Å². The Kier molecular flexibility index (Phi) is 5.72. The van der Waals surface area contributed by atoms with Gasteiger partial charge >= 0.3 is 6.03 Å². The number of anilines is 1. The van der Waals surface area contributed by atoms with Crippen molar-refractivity contribution in [2.45, 2.75) is 51.6 Å². The summed E-state index contributed by atoms with van der Waals surface area (Å²) in [5.41, 5.74) is 0. The fraction of sp³-hybridized carbons (Fsp3) is 0.769. The van der Waals surface area contributed by atoms with Crippen molar-refractivity contribution in [2.75, 3.05) is 11.9 Å². The average molecular weight is 298 g/mol. The normalized spacial score (nSPS) is 22.5. The van der Waals surface area contributed by atoms with Gasteiger partial charge in [0.05, 0.1) is 6.10 Å². The highest BCUT2D eigenvalue weighted by atomic mass is 32.1. The van der Waals surface area contributed by atoms with E-state index in [0.29, 0.717) is 17.6 Å². The average Bonchev–Trinajstić information content (AvgIpc) is 2.84. The van der Waals surface area contributed by atoms with E-state index in [1.165, 1.54) is 11.3 Å². The fourth-order valence-electron chi connectivity index (χ4n) is 2.45. The predicted octanol–water partition coefficient (Wildman–Crippen LogP) is 2.16. The monoisotopic (exact) mass is 298 g/mol. The molecule has 20 heavy (non-hydrogen) atoms. The van der Waals surface area contributed by atoms with Crippen LogP contribution in [0.25, 0.3) is 0 Å². The molecule has 2 amide bonds. The van der Waals surface area contributed by atoms with Gasteiger partial charge in [-0.2, -0.15) is 0 Å². The quantitative estimate of drug-likeness (QED) is 0.777. The van der Waals surface area contributed by atoms with Crippen LogP contribution < -0.4 is 10.6 Å². The van der Waals surface area contributed by atoms with Crippen molar-refractivity contribution in [3.05, 3.63) is 5.01 Å². The number of carbonyl (C=O) groups is 1. The molecule has 0 aromatic carbocycles. The summed E-state index contributed by atoms with van der Waals surface area (Å²) in [6.07, 6.45) is 5.46. The molecule has 1 aromatic heterocycles. The maximum Gasteiger partial charge on any atom is 0.321 e. The van der Waals surface area contributed by atoms with Crippen LogP contribution in [0.1, 0.15) is 44.0 Å². The number of aryl methyl sites for hydroxylation is 1. The van der Waals surface area contributed by atoms with Crippen LogP contribution in [0, 0.1) is 5.92 Å². The third-order valence-electron chi connectivity index (χ3n) is 3.46. The molecule has 6 nitrogen and oxygen atoms in total. The lowest BCUT2D eigenvalue weighted by molar-refractivity contribution is 0.101. The Balaban J connectivity index is 1.71. The van der Waals surface area contributed by atoms with E-state index in [1.807, 2.05) is 0 Å². The van der Waals surface area contributed by atoms with Gasteiger partial charge in [0.1, 0.15) is 5.01 Å². The Hall–Kier alpha value is -1.21. The second-order valence-corrected chi connectivity index (χ2v) is 6.33. The molecule has 1 aliphatic carbocycles. The largest absolute Gasteiger partial charge is 0.393 e. The van der Waals surface area contributed by atoms with Crippen LogP contribution in [0.4, 0.5) is 9.93 Å². The van der Waals surface area contributed by atoms with E-state index < -0.39 is 0 Å². The van der Waals surface area contributed by atoms with Crippen molar-refractivity contribution in [3.8, 4) is 0 Å². The minimum absolute atomic E-state index is 0.210. The second-order valence-electron chi connectivity index (χ2n) is 5.27. The molecule has 0 bridgehead atoms. The lowest BCUT2D eigenvalue weighted by Gasteiger charge is -2.25. The Morgan fingerprint density at radius 2 is 2.30 bits per heavy atom. The summed E-state index contributed by atoms with van der Waals surface area (Å²) < 4.78 is 0. The Labute approximate surface area is 123 Å². The van der Waals surface area contributed by atoms with Crippen LogP contribution in [-0.4, -0.2) is 34.0 Å². The predicted molar refractivity (Wildman–Crippen MR) is 78.9 cm³/mol. The van der Waals surface area contributed by atoms with E-state index in [0.717, 1.165) is 43.5 Å². The number of urea groups is 1. The van der Waals surface area contributed by atoms with Gasteiger partial charge in [0.25, 0.3) is 0 Å². The molecule has 1 heterocycles. The Bertz CT molecular complexity index is 438. The van der Waals surface area contributed by atoms with Crippen LogP contribution in [0.15, 0.2) is 0 Å². The number of carbonyl (C=O) groups excluding carboxylic acids is 1. The number of rotatable bonds is 5. The maximum atomic E-state index is 11.8. The number of nitrogens with zero attached hydrogens (tertiary/aromatic N) is 2. The first-order valence-corrected chi connectivity index (χ1v) is 8.04. The molecule has 1 aliphatic rings. The van der Waals surface area contributed by atoms with Gasteiger partial charge in [0.2, 0.25) is 5.13 Å². The minimum Gasteiger partial charge on any atom is -0.393 e. The first-order valence-electron chi connectivity index (χ1n) is 7.22. The molecule has 2 rings (SSSR count). The zero-order chi connectivity index (χ0) is 14.4. The molecule has 112 valence electrons. The van der Waals surface area contributed by atoms with E-state index in [1.54, 1.807) is 0 Å². The fourth-order valence-corrected chi connectivity index (χ4v) is 3.28. The van der Waals surface area contributed by atoms with E-state index in [4.69, 9.17) is 0 Å². The standard InChI is InChI=1S/C13H22N4O2S/c1-2-4-11-16-17-13(20-11)15-12(19)14-8-9-5-3-6-10(18)7-9/h9-10,18H,2-8H2,1H3,(H2,14,15,17,19). The summed E-state index contributed by atoms with van der Waals surface area (Å²) in [4.78, 5) is 11.8. The number of aromatic nitrogens is 2. The summed E-state index contributed by atoms with van der Waals surface area (Å²) >= 11 is 1.41. The molecule has 0 saturated heterocycles. The number of hydrogen-bond acceptors (Lipinski definition) is 5. The molecule has 1 saturated carbocycles. The zero-order valence-corrected chi connectivity index (χ0v) is 12.6.